The number of hydrogen-bond acceptors (Lipinski definition) is 6. The molecular formula is C18H19N3O5. The van der Waals surface area contributed by atoms with Gasteiger partial charge in [0.2, 0.25) is 0 Å². The fourth-order valence-electron chi connectivity index (χ4n) is 2.80. The second-order valence-corrected chi connectivity index (χ2v) is 5.92. The molecule has 26 heavy (non-hydrogen) atoms. The summed E-state index contributed by atoms with van der Waals surface area (Å²) in [6.07, 6.45) is -0.714. The average Bonchev–Trinajstić information content (AvgIpc) is 3.17. The van der Waals surface area contributed by atoms with Crippen molar-refractivity contribution >= 4 is 18.0 Å². The van der Waals surface area contributed by atoms with Crippen LogP contribution in [0.25, 0.3) is 0 Å². The van der Waals surface area contributed by atoms with Crippen LogP contribution in [0.15, 0.2) is 30.3 Å². The molecule has 1 aromatic carbocycles. The molecule has 2 heterocycles. The molecule has 0 spiro atoms. The summed E-state index contributed by atoms with van der Waals surface area (Å²) in [7, 11) is 0. The zero-order valence-electron chi connectivity index (χ0n) is 14.6. The van der Waals surface area contributed by atoms with Crippen LogP contribution in [0.3, 0.4) is 0 Å². The van der Waals surface area contributed by atoms with E-state index in [4.69, 9.17) is 4.74 Å². The maximum atomic E-state index is 12.4. The van der Waals surface area contributed by atoms with Gasteiger partial charge in [0.1, 0.15) is 12.2 Å². The van der Waals surface area contributed by atoms with Gasteiger partial charge in [0, 0.05) is 0 Å². The molecule has 2 amide bonds. The van der Waals surface area contributed by atoms with Gasteiger partial charge in [-0.3, -0.25) is 9.48 Å². The van der Waals surface area contributed by atoms with E-state index in [0.29, 0.717) is 23.5 Å². The Hall–Kier alpha value is -3.16. The van der Waals surface area contributed by atoms with Crippen LogP contribution in [0, 0.1) is 13.8 Å². The van der Waals surface area contributed by atoms with Crippen molar-refractivity contribution in [2.24, 2.45) is 0 Å². The topological polar surface area (TPSA) is 90.7 Å². The fraction of sp³-hybridized carbons (Fsp3) is 0.333. The number of hydrogen-bond donors (Lipinski definition) is 0. The normalized spacial score (nSPS) is 13.6. The highest BCUT2D eigenvalue weighted by molar-refractivity contribution is 5.96. The molecule has 1 fully saturated rings. The van der Waals surface area contributed by atoms with Gasteiger partial charge in [-0.1, -0.05) is 30.3 Å². The smallest absolute Gasteiger partial charge is 0.416 e. The lowest BCUT2D eigenvalue weighted by Gasteiger charge is -2.11. The first-order valence-corrected chi connectivity index (χ1v) is 8.19. The van der Waals surface area contributed by atoms with Crippen LogP contribution < -0.4 is 0 Å². The van der Waals surface area contributed by atoms with Crippen molar-refractivity contribution in [3.8, 4) is 0 Å². The first-order valence-electron chi connectivity index (χ1n) is 8.19. The average molecular weight is 357 g/mol. The molecule has 0 saturated carbocycles. The first kappa shape index (κ1) is 17.7. The monoisotopic (exact) mass is 357 g/mol. The number of cyclic esters (lactones) is 1. The van der Waals surface area contributed by atoms with E-state index in [0.717, 1.165) is 10.5 Å². The van der Waals surface area contributed by atoms with Crippen molar-refractivity contribution in [2.45, 2.75) is 20.4 Å². The summed E-state index contributed by atoms with van der Waals surface area (Å²) in [6.45, 7) is 3.82. The lowest BCUT2D eigenvalue weighted by atomic mass is 10.2. The Morgan fingerprint density at radius 3 is 2.62 bits per heavy atom. The second kappa shape index (κ2) is 7.38. The molecule has 0 radical (unpaired) electrons. The van der Waals surface area contributed by atoms with E-state index >= 15 is 0 Å². The predicted molar refractivity (Wildman–Crippen MR) is 90.6 cm³/mol. The molecule has 1 saturated heterocycles. The van der Waals surface area contributed by atoms with Crippen LogP contribution in [0.4, 0.5) is 4.79 Å². The largest absolute Gasteiger partial charge is 0.452 e. The minimum atomic E-state index is -0.714. The van der Waals surface area contributed by atoms with Crippen LogP contribution in [0.1, 0.15) is 27.3 Å². The number of amides is 2. The quantitative estimate of drug-likeness (QED) is 0.756. The van der Waals surface area contributed by atoms with Gasteiger partial charge < -0.3 is 9.47 Å². The van der Waals surface area contributed by atoms with Gasteiger partial charge in [-0.25, -0.2) is 14.5 Å². The highest BCUT2D eigenvalue weighted by Gasteiger charge is 2.29. The molecule has 0 aliphatic carbocycles. The van der Waals surface area contributed by atoms with Gasteiger partial charge in [-0.2, -0.15) is 5.10 Å². The highest BCUT2D eigenvalue weighted by Crippen LogP contribution is 2.16. The second-order valence-electron chi connectivity index (χ2n) is 5.92. The van der Waals surface area contributed by atoms with Crippen molar-refractivity contribution < 1.29 is 23.9 Å². The summed E-state index contributed by atoms with van der Waals surface area (Å²) in [4.78, 5) is 36.6. The van der Waals surface area contributed by atoms with Crippen LogP contribution in [-0.2, 0) is 20.8 Å². The molecule has 2 aromatic rings. The van der Waals surface area contributed by atoms with E-state index in [1.165, 1.54) is 0 Å². The summed E-state index contributed by atoms with van der Waals surface area (Å²) >= 11 is 0. The molecule has 0 bridgehead atoms. The number of rotatable bonds is 5. The Labute approximate surface area is 150 Å². The van der Waals surface area contributed by atoms with E-state index in [9.17, 15) is 14.4 Å². The van der Waals surface area contributed by atoms with Gasteiger partial charge in [0.25, 0.3) is 5.91 Å². The zero-order chi connectivity index (χ0) is 18.7. The number of aromatic nitrogens is 2. The molecule has 0 unspecified atom stereocenters. The van der Waals surface area contributed by atoms with Crippen LogP contribution in [0.2, 0.25) is 0 Å². The molecule has 8 heteroatoms. The summed E-state index contributed by atoms with van der Waals surface area (Å²) in [6, 6.07) is 9.75. The van der Waals surface area contributed by atoms with Crippen molar-refractivity contribution in [1.29, 1.82) is 0 Å². The minimum Gasteiger partial charge on any atom is -0.452 e. The van der Waals surface area contributed by atoms with Crippen LogP contribution >= 0.6 is 0 Å². The fourth-order valence-corrected chi connectivity index (χ4v) is 2.80. The number of imide groups is 1. The molecular weight excluding hydrogens is 338 g/mol. The number of carbonyl (C=O) groups excluding carboxylic acids is 3. The van der Waals surface area contributed by atoms with Crippen molar-refractivity contribution in [2.75, 3.05) is 19.8 Å². The molecule has 0 atom stereocenters. The van der Waals surface area contributed by atoms with Crippen molar-refractivity contribution in [1.82, 2.24) is 14.7 Å². The third kappa shape index (κ3) is 3.58. The SMILES string of the molecule is Cc1nn(Cc2ccccc2)c(C)c1C(=O)OCC(=O)N1CCOC1=O. The summed E-state index contributed by atoms with van der Waals surface area (Å²) in [5.74, 6) is -1.24. The first-order chi connectivity index (χ1) is 12.5. The summed E-state index contributed by atoms with van der Waals surface area (Å²) in [5, 5.41) is 4.39. The molecule has 1 aliphatic rings. The Morgan fingerprint density at radius 1 is 1.23 bits per heavy atom. The number of aryl methyl sites for hydroxylation is 1. The van der Waals surface area contributed by atoms with Crippen molar-refractivity contribution in [3.05, 3.63) is 52.8 Å². The summed E-state index contributed by atoms with van der Waals surface area (Å²) in [5.41, 5.74) is 2.57. The predicted octanol–water partition coefficient (Wildman–Crippen LogP) is 1.68. The van der Waals surface area contributed by atoms with Gasteiger partial charge in [0.15, 0.2) is 6.61 Å². The van der Waals surface area contributed by atoms with E-state index in [-0.39, 0.29) is 13.2 Å². The van der Waals surface area contributed by atoms with Gasteiger partial charge in [-0.05, 0) is 19.4 Å². The Morgan fingerprint density at radius 2 is 1.96 bits per heavy atom. The van der Waals surface area contributed by atoms with E-state index in [2.05, 4.69) is 9.84 Å². The third-order valence-electron chi connectivity index (χ3n) is 4.15. The molecule has 8 nitrogen and oxygen atoms in total. The van der Waals surface area contributed by atoms with Gasteiger partial charge >= 0.3 is 12.1 Å². The van der Waals surface area contributed by atoms with Crippen molar-refractivity contribution in [3.63, 3.8) is 0 Å². The maximum absolute atomic E-state index is 12.4. The zero-order valence-corrected chi connectivity index (χ0v) is 14.6. The lowest BCUT2D eigenvalue weighted by molar-refractivity contribution is -0.131. The standard InChI is InChI=1S/C18H19N3O5/c1-12-16(13(2)21(19-12)10-14-6-4-3-5-7-14)17(23)26-11-15(22)20-8-9-25-18(20)24/h3-7H,8-11H2,1-2H3. The van der Waals surface area contributed by atoms with Gasteiger partial charge in [0.05, 0.1) is 24.5 Å². The number of esters is 1. The molecule has 3 rings (SSSR count). The van der Waals surface area contributed by atoms with E-state index in [1.807, 2.05) is 30.3 Å². The molecule has 1 aliphatic heterocycles. The Kier molecular flexibility index (Phi) is 5.01. The minimum absolute atomic E-state index is 0.156. The Bertz CT molecular complexity index is 844. The number of ether oxygens (including phenoxy) is 2. The Balaban J connectivity index is 1.67. The van der Waals surface area contributed by atoms with E-state index < -0.39 is 24.6 Å². The molecule has 0 N–H and O–H groups in total. The summed E-state index contributed by atoms with van der Waals surface area (Å²) < 4.78 is 11.5. The van der Waals surface area contributed by atoms with E-state index in [1.54, 1.807) is 18.5 Å². The van der Waals surface area contributed by atoms with Crippen LogP contribution in [-0.4, -0.2) is 52.4 Å². The molecule has 1 aromatic heterocycles. The number of nitrogens with zero attached hydrogens (tertiary/aromatic N) is 3. The lowest BCUT2D eigenvalue weighted by Crippen LogP contribution is -2.35. The number of benzene rings is 1. The number of carbonyl (C=O) groups is 3. The third-order valence-corrected chi connectivity index (χ3v) is 4.15. The highest BCUT2D eigenvalue weighted by atomic mass is 16.6. The maximum Gasteiger partial charge on any atom is 0.416 e. The van der Waals surface area contributed by atoms with Gasteiger partial charge in [-0.15, -0.1) is 0 Å². The molecule has 136 valence electrons. The van der Waals surface area contributed by atoms with Crippen LogP contribution in [0.5, 0.6) is 0 Å².